The van der Waals surface area contributed by atoms with Gasteiger partial charge in [-0.2, -0.15) is 4.98 Å². The summed E-state index contributed by atoms with van der Waals surface area (Å²) in [6.45, 7) is 0.443. The maximum absolute atomic E-state index is 12.0. The molecular weight excluding hydrogens is 392 g/mol. The highest BCUT2D eigenvalue weighted by molar-refractivity contribution is 9.10. The Morgan fingerprint density at radius 3 is 2.91 bits per heavy atom. The number of para-hydroxylation sites is 1. The van der Waals surface area contributed by atoms with E-state index in [4.69, 9.17) is 11.6 Å². The fourth-order valence-corrected chi connectivity index (χ4v) is 3.81. The van der Waals surface area contributed by atoms with Crippen molar-refractivity contribution in [3.8, 4) is 0 Å². The molecule has 1 aliphatic heterocycles. The number of rotatable bonds is 3. The first kappa shape index (κ1) is 15.5. The van der Waals surface area contributed by atoms with Crippen LogP contribution < -0.4 is 9.62 Å². The van der Waals surface area contributed by atoms with Crippen LogP contribution in [0.15, 0.2) is 28.9 Å². The van der Waals surface area contributed by atoms with Gasteiger partial charge in [-0.3, -0.25) is 4.31 Å². The van der Waals surface area contributed by atoms with Crippen molar-refractivity contribution in [1.82, 2.24) is 9.97 Å². The minimum atomic E-state index is -3.33. The molecule has 3 rings (SSSR count). The molecule has 1 aromatic heterocycles. The number of nitrogens with zero attached hydrogens (tertiary/aromatic N) is 3. The molecule has 6 nitrogen and oxygen atoms in total. The summed E-state index contributed by atoms with van der Waals surface area (Å²) in [4.78, 5) is 7.98. The summed E-state index contributed by atoms with van der Waals surface area (Å²) in [7, 11) is -3.33. The van der Waals surface area contributed by atoms with Gasteiger partial charge in [0.25, 0.3) is 0 Å². The van der Waals surface area contributed by atoms with Gasteiger partial charge in [0.05, 0.1) is 22.1 Å². The van der Waals surface area contributed by atoms with Gasteiger partial charge in [-0.25, -0.2) is 13.4 Å². The molecule has 0 amide bonds. The highest BCUT2D eigenvalue weighted by Gasteiger charge is 2.29. The molecule has 0 bridgehead atoms. The van der Waals surface area contributed by atoms with Gasteiger partial charge in [0.2, 0.25) is 15.3 Å². The Hall–Kier alpha value is -1.38. The van der Waals surface area contributed by atoms with Crippen molar-refractivity contribution in [2.45, 2.75) is 6.42 Å². The van der Waals surface area contributed by atoms with Gasteiger partial charge in [0.15, 0.2) is 0 Å². The third-order valence-electron chi connectivity index (χ3n) is 3.32. The van der Waals surface area contributed by atoms with Gasteiger partial charge >= 0.3 is 0 Å². The topological polar surface area (TPSA) is 75.2 Å². The third kappa shape index (κ3) is 2.90. The van der Waals surface area contributed by atoms with Gasteiger partial charge in [-0.1, -0.05) is 12.1 Å². The number of fused-ring (bicyclic) bond motifs is 1. The van der Waals surface area contributed by atoms with Gasteiger partial charge < -0.3 is 5.32 Å². The maximum Gasteiger partial charge on any atom is 0.232 e. The Bertz CT molecular complexity index is 844. The van der Waals surface area contributed by atoms with Gasteiger partial charge in [0.1, 0.15) is 5.82 Å². The molecule has 1 aromatic carbocycles. The van der Waals surface area contributed by atoms with Gasteiger partial charge in [-0.15, -0.1) is 0 Å². The van der Waals surface area contributed by atoms with E-state index in [0.717, 1.165) is 5.56 Å². The molecule has 0 unspecified atom stereocenters. The van der Waals surface area contributed by atoms with E-state index in [2.05, 4.69) is 31.2 Å². The number of sulfonamides is 1. The van der Waals surface area contributed by atoms with Crippen LogP contribution in [-0.4, -0.2) is 31.2 Å². The van der Waals surface area contributed by atoms with Crippen molar-refractivity contribution in [3.63, 3.8) is 0 Å². The largest absolute Gasteiger partial charge is 0.337 e. The van der Waals surface area contributed by atoms with E-state index in [-0.39, 0.29) is 5.28 Å². The van der Waals surface area contributed by atoms with Crippen molar-refractivity contribution in [3.05, 3.63) is 39.7 Å². The molecule has 9 heteroatoms. The molecule has 2 heterocycles. The SMILES string of the molecule is CS(=O)(=O)N1CCc2cccc(Nc3nc(Cl)ncc3Br)c21. The molecule has 0 saturated heterocycles. The van der Waals surface area contributed by atoms with Crippen molar-refractivity contribution in [2.24, 2.45) is 0 Å². The highest BCUT2D eigenvalue weighted by atomic mass is 79.9. The number of hydrogen-bond acceptors (Lipinski definition) is 5. The van der Waals surface area contributed by atoms with E-state index in [0.29, 0.717) is 34.6 Å². The maximum atomic E-state index is 12.0. The van der Waals surface area contributed by atoms with Crippen molar-refractivity contribution >= 4 is 54.7 Å². The van der Waals surface area contributed by atoms with E-state index in [1.807, 2.05) is 18.2 Å². The zero-order valence-corrected chi connectivity index (χ0v) is 14.7. The van der Waals surface area contributed by atoms with Crippen molar-refractivity contribution < 1.29 is 8.42 Å². The van der Waals surface area contributed by atoms with Crippen LogP contribution >= 0.6 is 27.5 Å². The number of anilines is 3. The van der Waals surface area contributed by atoms with E-state index in [1.54, 1.807) is 0 Å². The number of aromatic nitrogens is 2. The van der Waals surface area contributed by atoms with Crippen LogP contribution in [0.3, 0.4) is 0 Å². The molecule has 0 radical (unpaired) electrons. The summed E-state index contributed by atoms with van der Waals surface area (Å²) in [5.41, 5.74) is 2.30. The van der Waals surface area contributed by atoms with E-state index in [1.165, 1.54) is 16.8 Å². The summed E-state index contributed by atoms with van der Waals surface area (Å²) in [5, 5.41) is 3.24. The smallest absolute Gasteiger partial charge is 0.232 e. The molecule has 0 spiro atoms. The van der Waals surface area contributed by atoms with Crippen LogP contribution in [0.1, 0.15) is 5.56 Å². The first-order valence-corrected chi connectivity index (χ1v) is 9.43. The first-order valence-electron chi connectivity index (χ1n) is 6.41. The zero-order valence-electron chi connectivity index (χ0n) is 11.5. The quantitative estimate of drug-likeness (QED) is 0.798. The Kier molecular flexibility index (Phi) is 4.00. The van der Waals surface area contributed by atoms with Crippen LogP contribution in [0, 0.1) is 0 Å². The summed E-state index contributed by atoms with van der Waals surface area (Å²) in [6, 6.07) is 5.61. The molecule has 2 aromatic rings. The van der Waals surface area contributed by atoms with Crippen LogP contribution in [0.25, 0.3) is 0 Å². The molecule has 0 aliphatic carbocycles. The summed E-state index contributed by atoms with van der Waals surface area (Å²) < 4.78 is 26.0. The Morgan fingerprint density at radius 2 is 2.18 bits per heavy atom. The number of halogens is 2. The normalized spacial score (nSPS) is 14.0. The van der Waals surface area contributed by atoms with E-state index < -0.39 is 10.0 Å². The summed E-state index contributed by atoms with van der Waals surface area (Å²) in [6.07, 6.45) is 3.43. The van der Waals surface area contributed by atoms with Crippen LogP contribution in [0.5, 0.6) is 0 Å². The molecule has 0 saturated carbocycles. The molecular formula is C13H12BrClN4O2S. The Labute approximate surface area is 141 Å². The van der Waals surface area contributed by atoms with Gasteiger partial charge in [0, 0.05) is 12.7 Å². The second kappa shape index (κ2) is 5.68. The Balaban J connectivity index is 2.07. The Morgan fingerprint density at radius 1 is 1.41 bits per heavy atom. The molecule has 22 heavy (non-hydrogen) atoms. The zero-order chi connectivity index (χ0) is 15.9. The standard InChI is InChI=1S/C13H12BrClN4O2S/c1-22(20,21)19-6-5-8-3-2-4-10(11(8)19)17-12-9(14)7-16-13(15)18-12/h2-4,7H,5-6H2,1H3,(H,16,17,18). The molecule has 0 atom stereocenters. The van der Waals surface area contributed by atoms with E-state index in [9.17, 15) is 8.42 Å². The molecule has 1 aliphatic rings. The lowest BCUT2D eigenvalue weighted by atomic mass is 10.1. The summed E-state index contributed by atoms with van der Waals surface area (Å²) in [5.74, 6) is 0.480. The molecule has 116 valence electrons. The first-order chi connectivity index (χ1) is 10.4. The minimum Gasteiger partial charge on any atom is -0.337 e. The van der Waals surface area contributed by atoms with Crippen molar-refractivity contribution in [1.29, 1.82) is 0 Å². The summed E-state index contributed by atoms with van der Waals surface area (Å²) >= 11 is 9.16. The van der Waals surface area contributed by atoms with Gasteiger partial charge in [-0.05, 0) is 45.6 Å². The minimum absolute atomic E-state index is 0.109. The van der Waals surface area contributed by atoms with Crippen LogP contribution in [0.4, 0.5) is 17.2 Å². The lowest BCUT2D eigenvalue weighted by Crippen LogP contribution is -2.28. The second-order valence-corrected chi connectivity index (χ2v) is 7.96. The van der Waals surface area contributed by atoms with Crippen LogP contribution in [0.2, 0.25) is 5.28 Å². The third-order valence-corrected chi connectivity index (χ3v) is 5.25. The number of nitrogens with one attached hydrogen (secondary N) is 1. The lowest BCUT2D eigenvalue weighted by molar-refractivity contribution is 0.598. The fourth-order valence-electron chi connectivity index (χ4n) is 2.41. The second-order valence-electron chi connectivity index (χ2n) is 4.86. The van der Waals surface area contributed by atoms with Crippen LogP contribution in [-0.2, 0) is 16.4 Å². The molecule has 1 N–H and O–H groups in total. The number of hydrogen-bond donors (Lipinski definition) is 1. The highest BCUT2D eigenvalue weighted by Crippen LogP contribution is 2.39. The molecule has 0 fully saturated rings. The van der Waals surface area contributed by atoms with Crippen molar-refractivity contribution in [2.75, 3.05) is 22.4 Å². The lowest BCUT2D eigenvalue weighted by Gasteiger charge is -2.20. The fraction of sp³-hybridized carbons (Fsp3) is 0.231. The predicted molar refractivity (Wildman–Crippen MR) is 90.4 cm³/mol. The van der Waals surface area contributed by atoms with E-state index >= 15 is 0 Å². The monoisotopic (exact) mass is 402 g/mol. The predicted octanol–water partition coefficient (Wildman–Crippen LogP) is 2.96. The average molecular weight is 404 g/mol. The average Bonchev–Trinajstić information content (AvgIpc) is 2.88. The number of benzene rings is 1.